The van der Waals surface area contributed by atoms with Gasteiger partial charge in [0.2, 0.25) is 0 Å². The Morgan fingerprint density at radius 3 is 2.88 bits per heavy atom. The summed E-state index contributed by atoms with van der Waals surface area (Å²) in [5.41, 5.74) is 9.55. The molecule has 1 aliphatic heterocycles. The van der Waals surface area contributed by atoms with Crippen molar-refractivity contribution < 1.29 is 4.74 Å². The average Bonchev–Trinajstić information content (AvgIpc) is 2.74. The molecule has 0 radical (unpaired) electrons. The molecule has 0 bridgehead atoms. The Hall–Kier alpha value is -1.11. The lowest BCUT2D eigenvalue weighted by molar-refractivity contribution is 0.0605. The number of hydrogen-bond donors (Lipinski definition) is 4. The van der Waals surface area contributed by atoms with Crippen molar-refractivity contribution in [3.8, 4) is 0 Å². The Bertz CT molecular complexity index is 321. The maximum Gasteiger partial charge on any atom is 0.123 e. The lowest BCUT2D eigenvalue weighted by Crippen LogP contribution is -2.31. The van der Waals surface area contributed by atoms with Crippen LogP contribution in [0.25, 0.3) is 0 Å². The molecule has 0 aliphatic carbocycles. The molecular formula is C10H19N5O. The molecule has 90 valence electrons. The van der Waals surface area contributed by atoms with Gasteiger partial charge in [0.1, 0.15) is 5.82 Å². The molecule has 1 fully saturated rings. The van der Waals surface area contributed by atoms with Gasteiger partial charge in [-0.2, -0.15) is 5.10 Å². The van der Waals surface area contributed by atoms with E-state index in [9.17, 15) is 0 Å². The van der Waals surface area contributed by atoms with Gasteiger partial charge in [0.05, 0.1) is 12.2 Å². The number of hydrogen-bond acceptors (Lipinski definition) is 5. The highest BCUT2D eigenvalue weighted by atomic mass is 16.5. The van der Waals surface area contributed by atoms with Crippen LogP contribution in [-0.2, 0) is 4.74 Å². The minimum Gasteiger partial charge on any atom is -0.384 e. The third-order valence-electron chi connectivity index (χ3n) is 3.19. The summed E-state index contributed by atoms with van der Waals surface area (Å²) in [5, 5.41) is 6.64. The summed E-state index contributed by atoms with van der Waals surface area (Å²) in [6, 6.07) is 0.0712. The van der Waals surface area contributed by atoms with Gasteiger partial charge < -0.3 is 10.5 Å². The first-order chi connectivity index (χ1) is 7.81. The molecule has 0 aromatic carbocycles. The Kier molecular flexibility index (Phi) is 3.76. The third-order valence-corrected chi connectivity index (χ3v) is 3.19. The topological polar surface area (TPSA) is 102 Å². The fraction of sp³-hybridized carbons (Fsp3) is 0.700. The molecule has 2 rings (SSSR count). The van der Waals surface area contributed by atoms with Crippen LogP contribution in [0.5, 0.6) is 0 Å². The number of nitrogens with two attached hydrogens (primary N) is 2. The van der Waals surface area contributed by atoms with Gasteiger partial charge in [0, 0.05) is 18.8 Å². The second-order valence-corrected chi connectivity index (χ2v) is 4.25. The fourth-order valence-corrected chi connectivity index (χ4v) is 2.18. The molecule has 6 nitrogen and oxygen atoms in total. The lowest BCUT2D eigenvalue weighted by Gasteiger charge is -2.26. The van der Waals surface area contributed by atoms with Crippen molar-refractivity contribution in [3.05, 3.63) is 11.8 Å². The first-order valence-corrected chi connectivity index (χ1v) is 5.64. The van der Waals surface area contributed by atoms with Crippen molar-refractivity contribution in [2.45, 2.75) is 25.3 Å². The molecule has 1 aromatic rings. The number of anilines is 1. The van der Waals surface area contributed by atoms with Gasteiger partial charge in [0.15, 0.2) is 0 Å². The van der Waals surface area contributed by atoms with Crippen LogP contribution >= 0.6 is 0 Å². The zero-order valence-electron chi connectivity index (χ0n) is 9.28. The van der Waals surface area contributed by atoms with E-state index in [2.05, 4.69) is 15.6 Å². The third kappa shape index (κ3) is 2.52. The molecule has 1 aromatic heterocycles. The van der Waals surface area contributed by atoms with Gasteiger partial charge in [-0.05, 0) is 25.2 Å². The number of rotatable bonds is 4. The van der Waals surface area contributed by atoms with Gasteiger partial charge in [-0.3, -0.25) is 16.4 Å². The summed E-state index contributed by atoms with van der Waals surface area (Å²) in [6.07, 6.45) is 4.90. The Balaban J connectivity index is 1.97. The largest absolute Gasteiger partial charge is 0.384 e. The summed E-state index contributed by atoms with van der Waals surface area (Å²) in [7, 11) is 0. The van der Waals surface area contributed by atoms with Crippen LogP contribution in [0.1, 0.15) is 30.9 Å². The number of aromatic amines is 1. The molecule has 16 heavy (non-hydrogen) atoms. The fourth-order valence-electron chi connectivity index (χ4n) is 2.18. The standard InChI is InChI=1S/C10H19N5O/c11-10-8(6-13-15-10)9(14-12)5-7-1-3-16-4-2-7/h6-7,9,14H,1-5,12H2,(H3,11,13,15). The molecule has 1 saturated heterocycles. The van der Waals surface area contributed by atoms with Crippen LogP contribution in [-0.4, -0.2) is 23.4 Å². The predicted molar refractivity (Wildman–Crippen MR) is 61.2 cm³/mol. The average molecular weight is 225 g/mol. The first-order valence-electron chi connectivity index (χ1n) is 5.64. The van der Waals surface area contributed by atoms with Crippen molar-refractivity contribution in [3.63, 3.8) is 0 Å². The van der Waals surface area contributed by atoms with Crippen molar-refractivity contribution in [1.82, 2.24) is 15.6 Å². The van der Waals surface area contributed by atoms with Crippen molar-refractivity contribution in [2.75, 3.05) is 18.9 Å². The minimum absolute atomic E-state index is 0.0712. The minimum atomic E-state index is 0.0712. The molecule has 0 spiro atoms. The number of nitrogens with one attached hydrogen (secondary N) is 2. The quantitative estimate of drug-likeness (QED) is 0.436. The van der Waals surface area contributed by atoms with E-state index in [0.29, 0.717) is 11.7 Å². The van der Waals surface area contributed by atoms with Gasteiger partial charge in [-0.1, -0.05) is 0 Å². The zero-order valence-corrected chi connectivity index (χ0v) is 9.28. The summed E-state index contributed by atoms with van der Waals surface area (Å²) >= 11 is 0. The number of nitrogen functional groups attached to an aromatic ring is 1. The van der Waals surface area contributed by atoms with Crippen LogP contribution in [0.4, 0.5) is 5.82 Å². The smallest absolute Gasteiger partial charge is 0.123 e. The molecule has 6 heteroatoms. The molecular weight excluding hydrogens is 206 g/mol. The number of hydrazine groups is 1. The second-order valence-electron chi connectivity index (χ2n) is 4.25. The molecule has 6 N–H and O–H groups in total. The van der Waals surface area contributed by atoms with Crippen LogP contribution in [0.15, 0.2) is 6.20 Å². The van der Waals surface area contributed by atoms with Crippen LogP contribution < -0.4 is 17.0 Å². The molecule has 0 amide bonds. The van der Waals surface area contributed by atoms with E-state index < -0.39 is 0 Å². The molecule has 1 aliphatic rings. The maximum absolute atomic E-state index is 5.78. The number of nitrogens with zero attached hydrogens (tertiary/aromatic N) is 1. The molecule has 2 heterocycles. The highest BCUT2D eigenvalue weighted by Crippen LogP contribution is 2.28. The van der Waals surface area contributed by atoms with E-state index in [-0.39, 0.29) is 6.04 Å². The highest BCUT2D eigenvalue weighted by Gasteiger charge is 2.21. The van der Waals surface area contributed by atoms with Gasteiger partial charge >= 0.3 is 0 Å². The Labute approximate surface area is 94.7 Å². The Morgan fingerprint density at radius 1 is 1.56 bits per heavy atom. The number of ether oxygens (including phenoxy) is 1. The monoisotopic (exact) mass is 225 g/mol. The normalized spacial score (nSPS) is 19.8. The Morgan fingerprint density at radius 2 is 2.31 bits per heavy atom. The zero-order chi connectivity index (χ0) is 11.4. The predicted octanol–water partition coefficient (Wildman–Crippen LogP) is 0.313. The van der Waals surface area contributed by atoms with E-state index in [4.69, 9.17) is 16.3 Å². The second kappa shape index (κ2) is 5.29. The van der Waals surface area contributed by atoms with E-state index in [0.717, 1.165) is 38.0 Å². The summed E-state index contributed by atoms with van der Waals surface area (Å²) in [4.78, 5) is 0. The van der Waals surface area contributed by atoms with Crippen molar-refractivity contribution in [2.24, 2.45) is 11.8 Å². The molecule has 1 unspecified atom stereocenters. The first kappa shape index (κ1) is 11.4. The van der Waals surface area contributed by atoms with Crippen molar-refractivity contribution >= 4 is 5.82 Å². The summed E-state index contributed by atoms with van der Waals surface area (Å²) in [6.45, 7) is 1.70. The van der Waals surface area contributed by atoms with Gasteiger partial charge in [0.25, 0.3) is 0 Å². The van der Waals surface area contributed by atoms with E-state index in [1.807, 2.05) is 0 Å². The lowest BCUT2D eigenvalue weighted by atomic mass is 9.90. The van der Waals surface area contributed by atoms with E-state index >= 15 is 0 Å². The summed E-state index contributed by atoms with van der Waals surface area (Å²) < 4.78 is 5.33. The van der Waals surface area contributed by atoms with E-state index in [1.165, 1.54) is 0 Å². The molecule has 0 saturated carbocycles. The SMILES string of the molecule is NNC(CC1CCOCC1)c1cn[nH]c1N. The van der Waals surface area contributed by atoms with E-state index in [1.54, 1.807) is 6.20 Å². The van der Waals surface area contributed by atoms with Crippen molar-refractivity contribution in [1.29, 1.82) is 0 Å². The number of aromatic nitrogens is 2. The molecule has 1 atom stereocenters. The highest BCUT2D eigenvalue weighted by molar-refractivity contribution is 5.39. The van der Waals surface area contributed by atoms with Gasteiger partial charge in [-0.25, -0.2) is 0 Å². The van der Waals surface area contributed by atoms with Gasteiger partial charge in [-0.15, -0.1) is 0 Å². The van der Waals surface area contributed by atoms with Crippen LogP contribution in [0.2, 0.25) is 0 Å². The maximum atomic E-state index is 5.78. The summed E-state index contributed by atoms with van der Waals surface area (Å²) in [5.74, 6) is 6.81. The number of H-pyrrole nitrogens is 1. The van der Waals surface area contributed by atoms with Crippen LogP contribution in [0.3, 0.4) is 0 Å². The van der Waals surface area contributed by atoms with Crippen LogP contribution in [0, 0.1) is 5.92 Å².